The van der Waals surface area contributed by atoms with Gasteiger partial charge in [0.2, 0.25) is 11.8 Å². The Morgan fingerprint density at radius 3 is 2.09 bits per heavy atom. The molecule has 6 heteroatoms. The van der Waals surface area contributed by atoms with Crippen LogP contribution >= 0.6 is 0 Å². The summed E-state index contributed by atoms with van der Waals surface area (Å²) in [5.41, 5.74) is 0. The summed E-state index contributed by atoms with van der Waals surface area (Å²) in [4.78, 5) is 30.2. The van der Waals surface area contributed by atoms with Crippen molar-refractivity contribution >= 4 is 11.8 Å². The fourth-order valence-electron chi connectivity index (χ4n) is 2.99. The fourth-order valence-corrected chi connectivity index (χ4v) is 2.99. The molecular weight excluding hydrogens is 280 g/mol. The van der Waals surface area contributed by atoms with Crippen molar-refractivity contribution in [2.75, 3.05) is 58.9 Å². The van der Waals surface area contributed by atoms with Crippen LogP contribution in [-0.4, -0.2) is 85.4 Å². The van der Waals surface area contributed by atoms with Gasteiger partial charge in [0, 0.05) is 45.8 Å². The minimum atomic E-state index is 0.0396. The normalized spacial score (nSPS) is 20.6. The van der Waals surface area contributed by atoms with Crippen LogP contribution in [0.3, 0.4) is 0 Å². The number of hydrogen-bond donors (Lipinski definition) is 1. The van der Waals surface area contributed by atoms with Crippen LogP contribution in [0, 0.1) is 0 Å². The van der Waals surface area contributed by atoms with E-state index in [0.29, 0.717) is 19.6 Å². The monoisotopic (exact) mass is 308 g/mol. The van der Waals surface area contributed by atoms with Crippen LogP contribution in [0.4, 0.5) is 0 Å². The van der Waals surface area contributed by atoms with Gasteiger partial charge in [-0.1, -0.05) is 6.08 Å². The fraction of sp³-hybridized carbons (Fsp3) is 0.750. The maximum absolute atomic E-state index is 12.2. The van der Waals surface area contributed by atoms with Crippen LogP contribution in [0.5, 0.6) is 0 Å². The maximum atomic E-state index is 12.2. The molecule has 0 saturated carbocycles. The van der Waals surface area contributed by atoms with Crippen molar-refractivity contribution in [1.29, 1.82) is 0 Å². The summed E-state index contributed by atoms with van der Waals surface area (Å²) in [5.74, 6) is 0.301. The van der Waals surface area contributed by atoms with Crippen molar-refractivity contribution < 1.29 is 9.59 Å². The number of nitrogens with zero attached hydrogens (tertiary/aromatic N) is 3. The lowest BCUT2D eigenvalue weighted by atomic mass is 10.1. The Hall–Kier alpha value is -1.40. The van der Waals surface area contributed by atoms with Gasteiger partial charge < -0.3 is 10.2 Å². The lowest BCUT2D eigenvalue weighted by Crippen LogP contribution is -2.52. The first-order valence-corrected chi connectivity index (χ1v) is 8.29. The molecule has 0 aromatic carbocycles. The molecule has 2 rings (SSSR count). The number of piperidine rings is 1. The molecule has 2 amide bonds. The molecule has 2 aliphatic heterocycles. The molecule has 2 fully saturated rings. The topological polar surface area (TPSA) is 55.9 Å². The van der Waals surface area contributed by atoms with Gasteiger partial charge in [0.1, 0.15) is 0 Å². The van der Waals surface area contributed by atoms with Gasteiger partial charge in [-0.3, -0.25) is 19.4 Å². The molecule has 0 spiro atoms. The van der Waals surface area contributed by atoms with Crippen LogP contribution in [0.15, 0.2) is 12.7 Å². The molecular formula is C16H28N4O2. The molecule has 0 bridgehead atoms. The number of carbonyl (C=O) groups excluding carboxylic acids is 2. The second-order valence-corrected chi connectivity index (χ2v) is 6.09. The van der Waals surface area contributed by atoms with Crippen molar-refractivity contribution in [3.63, 3.8) is 0 Å². The molecule has 0 aromatic heterocycles. The zero-order valence-corrected chi connectivity index (χ0v) is 13.4. The van der Waals surface area contributed by atoms with Crippen molar-refractivity contribution in [1.82, 2.24) is 20.0 Å². The highest BCUT2D eigenvalue weighted by Crippen LogP contribution is 2.10. The third-order valence-electron chi connectivity index (χ3n) is 4.34. The number of likely N-dealkylation sites (tertiary alicyclic amines) is 1. The predicted molar refractivity (Wildman–Crippen MR) is 86.5 cm³/mol. The second kappa shape index (κ2) is 8.90. The van der Waals surface area contributed by atoms with Crippen LogP contribution in [0.1, 0.15) is 19.3 Å². The van der Waals surface area contributed by atoms with Crippen molar-refractivity contribution in [2.24, 2.45) is 0 Å². The van der Waals surface area contributed by atoms with Crippen molar-refractivity contribution in [3.05, 3.63) is 12.7 Å². The quantitative estimate of drug-likeness (QED) is 0.697. The smallest absolute Gasteiger partial charge is 0.236 e. The van der Waals surface area contributed by atoms with E-state index in [4.69, 9.17) is 0 Å². The highest BCUT2D eigenvalue weighted by Gasteiger charge is 2.23. The molecule has 1 N–H and O–H groups in total. The van der Waals surface area contributed by atoms with Gasteiger partial charge in [0.05, 0.1) is 13.1 Å². The summed E-state index contributed by atoms with van der Waals surface area (Å²) >= 11 is 0. The molecule has 0 aliphatic carbocycles. The van der Waals surface area contributed by atoms with E-state index in [9.17, 15) is 9.59 Å². The van der Waals surface area contributed by atoms with Gasteiger partial charge in [-0.05, 0) is 19.3 Å². The number of piperazine rings is 1. The van der Waals surface area contributed by atoms with E-state index in [1.54, 1.807) is 6.08 Å². The van der Waals surface area contributed by atoms with Crippen LogP contribution in [0.2, 0.25) is 0 Å². The van der Waals surface area contributed by atoms with Crippen molar-refractivity contribution in [3.8, 4) is 0 Å². The van der Waals surface area contributed by atoms with Gasteiger partial charge in [0.15, 0.2) is 0 Å². The van der Waals surface area contributed by atoms with E-state index in [-0.39, 0.29) is 11.8 Å². The molecule has 0 atom stereocenters. The predicted octanol–water partition coefficient (Wildman–Crippen LogP) is -0.0813. The molecule has 0 radical (unpaired) electrons. The summed E-state index contributed by atoms with van der Waals surface area (Å²) in [6.45, 7) is 10.3. The summed E-state index contributed by atoms with van der Waals surface area (Å²) in [6.07, 6.45) is 5.21. The summed E-state index contributed by atoms with van der Waals surface area (Å²) < 4.78 is 0. The number of nitrogens with one attached hydrogen (secondary N) is 1. The maximum Gasteiger partial charge on any atom is 0.236 e. The first-order chi connectivity index (χ1) is 10.7. The Morgan fingerprint density at radius 2 is 1.50 bits per heavy atom. The average Bonchev–Trinajstić information content (AvgIpc) is 2.55. The van der Waals surface area contributed by atoms with E-state index >= 15 is 0 Å². The van der Waals surface area contributed by atoms with Gasteiger partial charge in [-0.2, -0.15) is 0 Å². The SMILES string of the molecule is C=CCNC(=O)CN1CCN(CC(=O)N2CCCCC2)CC1. The Morgan fingerprint density at radius 1 is 0.909 bits per heavy atom. The summed E-state index contributed by atoms with van der Waals surface area (Å²) in [6, 6.07) is 0. The number of hydrogen-bond acceptors (Lipinski definition) is 4. The Bertz CT molecular complexity index is 386. The van der Waals surface area contributed by atoms with Crippen LogP contribution in [-0.2, 0) is 9.59 Å². The lowest BCUT2D eigenvalue weighted by molar-refractivity contribution is -0.134. The van der Waals surface area contributed by atoms with Gasteiger partial charge in [-0.15, -0.1) is 6.58 Å². The summed E-state index contributed by atoms with van der Waals surface area (Å²) in [5, 5.41) is 2.79. The zero-order valence-electron chi connectivity index (χ0n) is 13.4. The third kappa shape index (κ3) is 5.42. The number of rotatable bonds is 6. The minimum Gasteiger partial charge on any atom is -0.352 e. The molecule has 2 saturated heterocycles. The van der Waals surface area contributed by atoms with Gasteiger partial charge in [0.25, 0.3) is 0 Å². The Balaban J connectivity index is 1.65. The lowest BCUT2D eigenvalue weighted by Gasteiger charge is -2.35. The molecule has 0 aromatic rings. The minimum absolute atomic E-state index is 0.0396. The molecule has 124 valence electrons. The van der Waals surface area contributed by atoms with Gasteiger partial charge >= 0.3 is 0 Å². The van der Waals surface area contributed by atoms with Crippen LogP contribution in [0.25, 0.3) is 0 Å². The van der Waals surface area contributed by atoms with E-state index in [1.165, 1.54) is 6.42 Å². The van der Waals surface area contributed by atoms with E-state index < -0.39 is 0 Å². The molecule has 2 aliphatic rings. The Kier molecular flexibility index (Phi) is 6.86. The highest BCUT2D eigenvalue weighted by atomic mass is 16.2. The number of carbonyl (C=O) groups is 2. The zero-order chi connectivity index (χ0) is 15.8. The highest BCUT2D eigenvalue weighted by molar-refractivity contribution is 5.78. The van der Waals surface area contributed by atoms with Crippen LogP contribution < -0.4 is 5.32 Å². The molecule has 6 nitrogen and oxygen atoms in total. The summed E-state index contributed by atoms with van der Waals surface area (Å²) in [7, 11) is 0. The van der Waals surface area contributed by atoms with E-state index in [2.05, 4.69) is 21.7 Å². The van der Waals surface area contributed by atoms with Crippen molar-refractivity contribution in [2.45, 2.75) is 19.3 Å². The third-order valence-corrected chi connectivity index (χ3v) is 4.34. The first-order valence-electron chi connectivity index (χ1n) is 8.29. The second-order valence-electron chi connectivity index (χ2n) is 6.09. The molecule has 2 heterocycles. The Labute approximate surface area is 133 Å². The standard InChI is InChI=1S/C16H28N4O2/c1-2-6-17-15(21)13-18-9-11-19(12-10-18)14-16(22)20-7-4-3-5-8-20/h2H,1,3-14H2,(H,17,21). The first kappa shape index (κ1) is 17.0. The molecule has 22 heavy (non-hydrogen) atoms. The number of amides is 2. The van der Waals surface area contributed by atoms with E-state index in [1.807, 2.05) is 4.90 Å². The largest absolute Gasteiger partial charge is 0.352 e. The average molecular weight is 308 g/mol. The molecule has 0 unspecified atom stereocenters. The van der Waals surface area contributed by atoms with E-state index in [0.717, 1.165) is 52.1 Å². The van der Waals surface area contributed by atoms with Gasteiger partial charge in [-0.25, -0.2) is 0 Å².